The molecule has 1 aliphatic rings. The number of carbonyl (C=O) groups is 1. The highest BCUT2D eigenvalue weighted by atomic mass is 19.4. The molecule has 0 spiro atoms. The van der Waals surface area contributed by atoms with Gasteiger partial charge in [-0.05, 0) is 31.7 Å². The van der Waals surface area contributed by atoms with Crippen molar-refractivity contribution < 1.29 is 27.2 Å². The molecule has 2 aromatic rings. The Balaban J connectivity index is 1.49. The van der Waals surface area contributed by atoms with Crippen molar-refractivity contribution in [2.45, 2.75) is 25.9 Å². The van der Waals surface area contributed by atoms with Gasteiger partial charge in [0.25, 0.3) is 5.91 Å². The largest absolute Gasteiger partial charge is 0.477 e. The number of hydrogen-bond acceptors (Lipinski definition) is 5. The lowest BCUT2D eigenvalue weighted by Gasteiger charge is -2.31. The summed E-state index contributed by atoms with van der Waals surface area (Å²) in [6.45, 7) is 3.05. The average molecular weight is 369 g/mol. The lowest BCUT2D eigenvalue weighted by atomic mass is 9.97. The molecule has 0 aromatic carbocycles. The lowest BCUT2D eigenvalue weighted by Crippen LogP contribution is -2.39. The molecule has 0 bridgehead atoms. The van der Waals surface area contributed by atoms with Gasteiger partial charge in [-0.2, -0.15) is 13.2 Å². The molecule has 0 atom stereocenters. The van der Waals surface area contributed by atoms with Gasteiger partial charge < -0.3 is 14.2 Å². The molecule has 6 nitrogen and oxygen atoms in total. The monoisotopic (exact) mass is 369 g/mol. The number of piperidine rings is 1. The van der Waals surface area contributed by atoms with Crippen LogP contribution >= 0.6 is 0 Å². The standard InChI is InChI=1S/C17H18F3N3O3/c1-11-9-13(22-26-11)16(24)23-7-5-12(6-8-23)10-25-15-4-2-3-14(21-15)17(18,19)20/h2-4,9,12H,5-8,10H2,1H3. The first-order valence-corrected chi connectivity index (χ1v) is 8.22. The van der Waals surface area contributed by atoms with E-state index in [0.29, 0.717) is 31.7 Å². The van der Waals surface area contributed by atoms with Crippen molar-refractivity contribution in [2.75, 3.05) is 19.7 Å². The molecule has 0 aliphatic carbocycles. The van der Waals surface area contributed by atoms with E-state index in [9.17, 15) is 18.0 Å². The quantitative estimate of drug-likeness (QED) is 0.827. The van der Waals surface area contributed by atoms with E-state index in [-0.39, 0.29) is 30.0 Å². The zero-order chi connectivity index (χ0) is 18.7. The molecular formula is C17H18F3N3O3. The van der Waals surface area contributed by atoms with E-state index in [2.05, 4.69) is 10.1 Å². The number of carbonyl (C=O) groups excluding carboxylic acids is 1. The summed E-state index contributed by atoms with van der Waals surface area (Å²) in [4.78, 5) is 17.5. The van der Waals surface area contributed by atoms with E-state index in [4.69, 9.17) is 9.26 Å². The summed E-state index contributed by atoms with van der Waals surface area (Å²) in [6, 6.07) is 5.17. The third-order valence-corrected chi connectivity index (χ3v) is 4.23. The van der Waals surface area contributed by atoms with E-state index in [1.54, 1.807) is 17.9 Å². The molecule has 3 rings (SSSR count). The number of ether oxygens (including phenoxy) is 1. The van der Waals surface area contributed by atoms with Gasteiger partial charge >= 0.3 is 6.18 Å². The maximum Gasteiger partial charge on any atom is 0.433 e. The number of nitrogens with zero attached hydrogens (tertiary/aromatic N) is 3. The van der Waals surface area contributed by atoms with Crippen LogP contribution in [-0.4, -0.2) is 40.6 Å². The van der Waals surface area contributed by atoms with E-state index >= 15 is 0 Å². The first-order valence-electron chi connectivity index (χ1n) is 8.22. The van der Waals surface area contributed by atoms with Crippen molar-refractivity contribution in [3.8, 4) is 5.88 Å². The summed E-state index contributed by atoms with van der Waals surface area (Å²) in [5.41, 5.74) is -0.691. The minimum atomic E-state index is -4.50. The number of pyridine rings is 1. The van der Waals surface area contributed by atoms with E-state index in [0.717, 1.165) is 6.07 Å². The molecule has 0 saturated carbocycles. The summed E-state index contributed by atoms with van der Waals surface area (Å²) < 4.78 is 48.3. The van der Waals surface area contributed by atoms with Crippen LogP contribution in [0.4, 0.5) is 13.2 Å². The smallest absolute Gasteiger partial charge is 0.433 e. The molecule has 26 heavy (non-hydrogen) atoms. The molecule has 1 saturated heterocycles. The highest BCUT2D eigenvalue weighted by molar-refractivity contribution is 5.92. The van der Waals surface area contributed by atoms with Crippen LogP contribution in [0, 0.1) is 12.8 Å². The fraction of sp³-hybridized carbons (Fsp3) is 0.471. The fourth-order valence-electron chi connectivity index (χ4n) is 2.79. The Morgan fingerprint density at radius 1 is 1.35 bits per heavy atom. The molecule has 0 radical (unpaired) electrons. The predicted octanol–water partition coefficient (Wildman–Crippen LogP) is 3.33. The van der Waals surface area contributed by atoms with Crippen molar-refractivity contribution in [2.24, 2.45) is 5.92 Å². The Bertz CT molecular complexity index is 768. The zero-order valence-electron chi connectivity index (χ0n) is 14.1. The molecule has 0 unspecified atom stereocenters. The van der Waals surface area contributed by atoms with Crippen LogP contribution in [0.15, 0.2) is 28.8 Å². The predicted molar refractivity (Wildman–Crippen MR) is 84.6 cm³/mol. The van der Waals surface area contributed by atoms with Crippen LogP contribution in [0.3, 0.4) is 0 Å². The minimum absolute atomic E-state index is 0.0450. The molecule has 140 valence electrons. The maximum absolute atomic E-state index is 12.7. The minimum Gasteiger partial charge on any atom is -0.477 e. The molecule has 9 heteroatoms. The van der Waals surface area contributed by atoms with Crippen LogP contribution in [0.25, 0.3) is 0 Å². The second-order valence-corrected chi connectivity index (χ2v) is 6.23. The molecule has 0 N–H and O–H groups in total. The first kappa shape index (κ1) is 18.2. The van der Waals surface area contributed by atoms with Crippen LogP contribution in [0.2, 0.25) is 0 Å². The normalized spacial score (nSPS) is 15.9. The van der Waals surface area contributed by atoms with Gasteiger partial charge in [-0.25, -0.2) is 4.98 Å². The molecule has 2 aromatic heterocycles. The summed E-state index contributed by atoms with van der Waals surface area (Å²) in [5.74, 6) is 0.497. The summed E-state index contributed by atoms with van der Waals surface area (Å²) in [6.07, 6.45) is -3.10. The Morgan fingerprint density at radius 2 is 2.08 bits per heavy atom. The number of aromatic nitrogens is 2. The van der Waals surface area contributed by atoms with Crippen LogP contribution in [-0.2, 0) is 6.18 Å². The maximum atomic E-state index is 12.7. The van der Waals surface area contributed by atoms with Gasteiger partial charge in [0, 0.05) is 25.2 Å². The molecule has 1 aliphatic heterocycles. The average Bonchev–Trinajstić information content (AvgIpc) is 3.06. The second kappa shape index (κ2) is 7.35. The molecular weight excluding hydrogens is 351 g/mol. The van der Waals surface area contributed by atoms with Crippen molar-refractivity contribution in [3.63, 3.8) is 0 Å². The third kappa shape index (κ3) is 4.33. The van der Waals surface area contributed by atoms with Gasteiger partial charge in [-0.1, -0.05) is 11.2 Å². The topological polar surface area (TPSA) is 68.5 Å². The number of rotatable bonds is 4. The summed E-state index contributed by atoms with van der Waals surface area (Å²) in [7, 11) is 0. The highest BCUT2D eigenvalue weighted by Gasteiger charge is 2.33. The van der Waals surface area contributed by atoms with E-state index in [1.165, 1.54) is 12.1 Å². The number of alkyl halides is 3. The van der Waals surface area contributed by atoms with Gasteiger partial charge in [-0.3, -0.25) is 4.79 Å². The van der Waals surface area contributed by atoms with Crippen molar-refractivity contribution >= 4 is 5.91 Å². The first-order chi connectivity index (χ1) is 12.3. The van der Waals surface area contributed by atoms with Crippen LogP contribution in [0.5, 0.6) is 5.88 Å². The number of likely N-dealkylation sites (tertiary alicyclic amines) is 1. The van der Waals surface area contributed by atoms with Crippen molar-refractivity contribution in [1.82, 2.24) is 15.0 Å². The number of aryl methyl sites for hydroxylation is 1. The van der Waals surface area contributed by atoms with Crippen molar-refractivity contribution in [1.29, 1.82) is 0 Å². The Morgan fingerprint density at radius 3 is 2.69 bits per heavy atom. The van der Waals surface area contributed by atoms with Gasteiger partial charge in [0.15, 0.2) is 5.69 Å². The van der Waals surface area contributed by atoms with Gasteiger partial charge in [0.05, 0.1) is 6.61 Å². The third-order valence-electron chi connectivity index (χ3n) is 4.23. The van der Waals surface area contributed by atoms with Crippen molar-refractivity contribution in [3.05, 3.63) is 41.4 Å². The van der Waals surface area contributed by atoms with Crippen LogP contribution in [0.1, 0.15) is 34.8 Å². The molecule has 1 amide bonds. The lowest BCUT2D eigenvalue weighted by molar-refractivity contribution is -0.141. The van der Waals surface area contributed by atoms with E-state index < -0.39 is 11.9 Å². The Kier molecular flexibility index (Phi) is 5.15. The molecule has 3 heterocycles. The Hall–Kier alpha value is -2.58. The van der Waals surface area contributed by atoms with Gasteiger partial charge in [0.1, 0.15) is 11.5 Å². The summed E-state index contributed by atoms with van der Waals surface area (Å²) in [5, 5.41) is 3.72. The highest BCUT2D eigenvalue weighted by Crippen LogP contribution is 2.29. The van der Waals surface area contributed by atoms with Gasteiger partial charge in [0.2, 0.25) is 5.88 Å². The second-order valence-electron chi connectivity index (χ2n) is 6.23. The number of hydrogen-bond donors (Lipinski definition) is 0. The van der Waals surface area contributed by atoms with E-state index in [1.807, 2.05) is 0 Å². The number of halogens is 3. The van der Waals surface area contributed by atoms with Crippen LogP contribution < -0.4 is 4.74 Å². The van der Waals surface area contributed by atoms with Gasteiger partial charge in [-0.15, -0.1) is 0 Å². The Labute approximate surface area is 147 Å². The SMILES string of the molecule is Cc1cc(C(=O)N2CCC(COc3cccc(C(F)(F)F)n3)CC2)no1. The molecule has 1 fully saturated rings. The fourth-order valence-corrected chi connectivity index (χ4v) is 2.79. The zero-order valence-corrected chi connectivity index (χ0v) is 14.1. The summed E-state index contributed by atoms with van der Waals surface area (Å²) >= 11 is 0. The number of amides is 1.